The molecule has 0 aliphatic carbocycles. The van der Waals surface area contributed by atoms with Crippen LogP contribution in [0.2, 0.25) is 5.15 Å². The van der Waals surface area contributed by atoms with E-state index in [1.54, 1.807) is 42.7 Å². The van der Waals surface area contributed by atoms with Crippen LogP contribution in [0.25, 0.3) is 0 Å². The van der Waals surface area contributed by atoms with Crippen LogP contribution in [-0.2, 0) is 6.54 Å². The van der Waals surface area contributed by atoms with Gasteiger partial charge in [0.05, 0.1) is 0 Å². The van der Waals surface area contributed by atoms with Crippen molar-refractivity contribution in [2.75, 3.05) is 16.4 Å². The monoisotopic (exact) mass is 354 g/mol. The van der Waals surface area contributed by atoms with Gasteiger partial charge in [-0.25, -0.2) is 4.98 Å². The number of benzene rings is 1. The van der Waals surface area contributed by atoms with Crippen molar-refractivity contribution in [3.8, 4) is 0 Å². The molecule has 1 amide bonds. The highest BCUT2D eigenvalue weighted by Gasteiger charge is 2.06. The average Bonchev–Trinajstić information content (AvgIpc) is 2.60. The minimum atomic E-state index is -0.180. The second-order valence-electron chi connectivity index (χ2n) is 5.17. The highest BCUT2D eigenvalue weighted by Crippen LogP contribution is 2.14. The Morgan fingerprint density at radius 2 is 1.80 bits per heavy atom. The maximum absolute atomic E-state index is 12.2. The van der Waals surface area contributed by atoms with E-state index in [0.717, 1.165) is 5.56 Å². The number of nitrogens with zero attached hydrogens (tertiary/aromatic N) is 3. The van der Waals surface area contributed by atoms with Gasteiger partial charge in [0.15, 0.2) is 0 Å². The zero-order valence-electron chi connectivity index (χ0n) is 13.1. The van der Waals surface area contributed by atoms with E-state index in [1.807, 2.05) is 12.1 Å². The summed E-state index contributed by atoms with van der Waals surface area (Å²) in [5, 5.41) is 6.19. The van der Waals surface area contributed by atoms with Gasteiger partial charge in [0.2, 0.25) is 5.95 Å². The molecule has 0 unspecified atom stereocenters. The fraction of sp³-hybridized carbons (Fsp3) is 0.0588. The lowest BCUT2D eigenvalue weighted by atomic mass is 10.1. The standard InChI is InChI=1S/C17H15ClN6O/c18-14-9-15(24-17(19)23-14)21-10-11-1-3-12(4-2-11)16(25)22-13-5-7-20-8-6-13/h1-9H,10H2,(H,20,22,25)(H3,19,21,23,24). The number of pyridine rings is 1. The normalized spacial score (nSPS) is 10.3. The molecule has 0 aliphatic heterocycles. The number of nitrogen functional groups attached to an aromatic ring is 1. The van der Waals surface area contributed by atoms with Crippen LogP contribution in [-0.4, -0.2) is 20.9 Å². The van der Waals surface area contributed by atoms with Crippen LogP contribution in [0.3, 0.4) is 0 Å². The van der Waals surface area contributed by atoms with E-state index in [2.05, 4.69) is 25.6 Å². The van der Waals surface area contributed by atoms with Gasteiger partial charge < -0.3 is 16.4 Å². The molecule has 126 valence electrons. The van der Waals surface area contributed by atoms with Gasteiger partial charge in [-0.3, -0.25) is 9.78 Å². The number of amides is 1. The third kappa shape index (κ3) is 4.65. The highest BCUT2D eigenvalue weighted by molar-refractivity contribution is 6.29. The molecule has 0 radical (unpaired) electrons. The summed E-state index contributed by atoms with van der Waals surface area (Å²) in [5.74, 6) is 0.469. The van der Waals surface area contributed by atoms with E-state index < -0.39 is 0 Å². The van der Waals surface area contributed by atoms with Crippen LogP contribution >= 0.6 is 11.6 Å². The number of aromatic nitrogens is 3. The second-order valence-corrected chi connectivity index (χ2v) is 5.56. The number of rotatable bonds is 5. The van der Waals surface area contributed by atoms with Gasteiger partial charge in [0.1, 0.15) is 11.0 Å². The number of hydrogen-bond donors (Lipinski definition) is 3. The number of halogens is 1. The molecule has 25 heavy (non-hydrogen) atoms. The first kappa shape index (κ1) is 16.7. The fourth-order valence-corrected chi connectivity index (χ4v) is 2.32. The maximum Gasteiger partial charge on any atom is 0.255 e. The molecule has 3 rings (SSSR count). The van der Waals surface area contributed by atoms with E-state index in [0.29, 0.717) is 23.6 Å². The van der Waals surface area contributed by atoms with Crippen molar-refractivity contribution in [2.24, 2.45) is 0 Å². The zero-order chi connectivity index (χ0) is 17.6. The lowest BCUT2D eigenvalue weighted by Crippen LogP contribution is -2.12. The van der Waals surface area contributed by atoms with Crippen molar-refractivity contribution < 1.29 is 4.79 Å². The average molecular weight is 355 g/mol. The molecular weight excluding hydrogens is 340 g/mol. The maximum atomic E-state index is 12.2. The fourth-order valence-electron chi connectivity index (χ4n) is 2.13. The summed E-state index contributed by atoms with van der Waals surface area (Å²) in [5.41, 5.74) is 7.79. The van der Waals surface area contributed by atoms with Crippen molar-refractivity contribution in [3.05, 3.63) is 71.1 Å². The summed E-state index contributed by atoms with van der Waals surface area (Å²) in [6, 6.07) is 12.3. The molecule has 7 nitrogen and oxygen atoms in total. The van der Waals surface area contributed by atoms with Gasteiger partial charge in [0.25, 0.3) is 5.91 Å². The Bertz CT molecular complexity index is 850. The summed E-state index contributed by atoms with van der Waals surface area (Å²) in [4.78, 5) is 23.9. The van der Waals surface area contributed by atoms with Crippen molar-refractivity contribution in [3.63, 3.8) is 0 Å². The lowest BCUT2D eigenvalue weighted by Gasteiger charge is -2.08. The Balaban J connectivity index is 1.61. The predicted octanol–water partition coefficient (Wildman–Crippen LogP) is 2.97. The summed E-state index contributed by atoms with van der Waals surface area (Å²) >= 11 is 5.83. The van der Waals surface area contributed by atoms with E-state index in [4.69, 9.17) is 17.3 Å². The van der Waals surface area contributed by atoms with E-state index in [9.17, 15) is 4.79 Å². The molecule has 0 saturated carbocycles. The van der Waals surface area contributed by atoms with Crippen molar-refractivity contribution >= 4 is 35.0 Å². The van der Waals surface area contributed by atoms with Crippen LogP contribution in [0.1, 0.15) is 15.9 Å². The Kier molecular flexibility index (Phi) is 5.06. The largest absolute Gasteiger partial charge is 0.368 e. The van der Waals surface area contributed by atoms with Gasteiger partial charge in [-0.1, -0.05) is 23.7 Å². The Morgan fingerprint density at radius 3 is 2.48 bits per heavy atom. The minimum absolute atomic E-state index is 0.109. The van der Waals surface area contributed by atoms with E-state index in [1.165, 1.54) is 0 Å². The van der Waals surface area contributed by atoms with Crippen LogP contribution in [0.15, 0.2) is 54.9 Å². The first-order chi connectivity index (χ1) is 12.1. The lowest BCUT2D eigenvalue weighted by molar-refractivity contribution is 0.102. The molecule has 0 bridgehead atoms. The zero-order valence-corrected chi connectivity index (χ0v) is 13.9. The van der Waals surface area contributed by atoms with Gasteiger partial charge in [-0.2, -0.15) is 4.98 Å². The summed E-state index contributed by atoms with van der Waals surface area (Å²) in [6.45, 7) is 0.513. The summed E-state index contributed by atoms with van der Waals surface area (Å²) < 4.78 is 0. The second kappa shape index (κ2) is 7.59. The molecule has 2 aromatic heterocycles. The molecule has 0 saturated heterocycles. The molecule has 0 fully saturated rings. The number of anilines is 3. The molecule has 8 heteroatoms. The predicted molar refractivity (Wildman–Crippen MR) is 97.4 cm³/mol. The number of nitrogens with one attached hydrogen (secondary N) is 2. The van der Waals surface area contributed by atoms with Crippen molar-refractivity contribution in [1.82, 2.24) is 15.0 Å². The highest BCUT2D eigenvalue weighted by atomic mass is 35.5. The number of carbonyl (C=O) groups is 1. The van der Waals surface area contributed by atoms with E-state index in [-0.39, 0.29) is 17.0 Å². The molecule has 2 heterocycles. The smallest absolute Gasteiger partial charge is 0.255 e. The first-order valence-electron chi connectivity index (χ1n) is 7.44. The molecule has 0 atom stereocenters. The number of hydrogen-bond acceptors (Lipinski definition) is 6. The van der Waals surface area contributed by atoms with Gasteiger partial charge in [0, 0.05) is 36.3 Å². The van der Waals surface area contributed by atoms with Crippen LogP contribution in [0.5, 0.6) is 0 Å². The summed E-state index contributed by atoms with van der Waals surface area (Å²) in [6.07, 6.45) is 3.24. The number of carbonyl (C=O) groups excluding carboxylic acids is 1. The minimum Gasteiger partial charge on any atom is -0.368 e. The van der Waals surface area contributed by atoms with Crippen LogP contribution in [0, 0.1) is 0 Å². The van der Waals surface area contributed by atoms with Gasteiger partial charge in [-0.05, 0) is 29.8 Å². The van der Waals surface area contributed by atoms with Crippen LogP contribution in [0.4, 0.5) is 17.5 Å². The molecular formula is C17H15ClN6O. The quantitative estimate of drug-likeness (QED) is 0.608. The molecule has 1 aromatic carbocycles. The third-order valence-corrected chi connectivity index (χ3v) is 3.53. The molecule has 4 N–H and O–H groups in total. The SMILES string of the molecule is Nc1nc(Cl)cc(NCc2ccc(C(=O)Nc3ccncc3)cc2)n1. The van der Waals surface area contributed by atoms with Crippen molar-refractivity contribution in [1.29, 1.82) is 0 Å². The van der Waals surface area contributed by atoms with Gasteiger partial charge in [-0.15, -0.1) is 0 Å². The third-order valence-electron chi connectivity index (χ3n) is 3.34. The number of nitrogens with two attached hydrogens (primary N) is 1. The molecule has 0 spiro atoms. The Hall–Kier alpha value is -3.19. The van der Waals surface area contributed by atoms with E-state index >= 15 is 0 Å². The Labute approximate surface area is 149 Å². The molecule has 0 aliphatic rings. The summed E-state index contributed by atoms with van der Waals surface area (Å²) in [7, 11) is 0. The Morgan fingerprint density at radius 1 is 1.08 bits per heavy atom. The van der Waals surface area contributed by atoms with Crippen molar-refractivity contribution in [2.45, 2.75) is 6.54 Å². The molecule has 3 aromatic rings. The topological polar surface area (TPSA) is 106 Å². The first-order valence-corrected chi connectivity index (χ1v) is 7.82. The van der Waals surface area contributed by atoms with Gasteiger partial charge >= 0.3 is 0 Å². The van der Waals surface area contributed by atoms with Crippen LogP contribution < -0.4 is 16.4 Å².